The summed E-state index contributed by atoms with van der Waals surface area (Å²) >= 11 is 5.74. The van der Waals surface area contributed by atoms with Crippen LogP contribution in [-0.4, -0.2) is 4.57 Å². The maximum Gasteiger partial charge on any atom is 0.0635 e. The fourth-order valence-electron chi connectivity index (χ4n) is 5.00. The van der Waals surface area contributed by atoms with Crippen molar-refractivity contribution in [3.63, 3.8) is 0 Å². The molecule has 2 heterocycles. The summed E-state index contributed by atoms with van der Waals surface area (Å²) < 4.78 is 6.21. The van der Waals surface area contributed by atoms with Gasteiger partial charge >= 0.3 is 0 Å². The summed E-state index contributed by atoms with van der Waals surface area (Å²) in [6.45, 7) is 0. The van der Waals surface area contributed by atoms with E-state index < -0.39 is 0 Å². The maximum absolute atomic E-state index is 3.88. The van der Waals surface area contributed by atoms with Crippen LogP contribution in [0.15, 0.2) is 114 Å². The SMILES string of the molecule is Brc1cc2c3ccccc3n(-c3ccc(-c4ccccc4)cc3)c2c2c1sc1ccccc12. The number of benzene rings is 5. The van der Waals surface area contributed by atoms with Gasteiger partial charge in [0.15, 0.2) is 0 Å². The lowest BCUT2D eigenvalue weighted by Crippen LogP contribution is -1.94. The van der Waals surface area contributed by atoms with Crippen molar-refractivity contribution in [2.24, 2.45) is 0 Å². The molecule has 0 unspecified atom stereocenters. The van der Waals surface area contributed by atoms with Crippen molar-refractivity contribution in [2.75, 3.05) is 0 Å². The first-order valence-electron chi connectivity index (χ1n) is 11.0. The predicted octanol–water partition coefficient (Wildman–Crippen LogP) is 9.58. The molecular weight excluding hydrogens is 486 g/mol. The second-order valence-electron chi connectivity index (χ2n) is 8.32. The van der Waals surface area contributed by atoms with Gasteiger partial charge in [-0.3, -0.25) is 0 Å². The van der Waals surface area contributed by atoms with Crippen molar-refractivity contribution in [1.29, 1.82) is 0 Å². The minimum Gasteiger partial charge on any atom is -0.309 e. The zero-order valence-corrected chi connectivity index (χ0v) is 20.0. The van der Waals surface area contributed by atoms with Crippen LogP contribution >= 0.6 is 27.3 Å². The number of thiophene rings is 1. The number of aromatic nitrogens is 1. The van der Waals surface area contributed by atoms with Crippen molar-refractivity contribution >= 4 is 69.2 Å². The van der Waals surface area contributed by atoms with E-state index in [1.54, 1.807) is 0 Å². The molecule has 0 aliphatic rings. The number of halogens is 1. The van der Waals surface area contributed by atoms with Gasteiger partial charge in [0, 0.05) is 36.4 Å². The van der Waals surface area contributed by atoms with Gasteiger partial charge in [-0.25, -0.2) is 0 Å². The second-order valence-corrected chi connectivity index (χ2v) is 10.2. The fraction of sp³-hybridized carbons (Fsp3) is 0. The minimum atomic E-state index is 1.16. The summed E-state index contributed by atoms with van der Waals surface area (Å²) in [4.78, 5) is 0. The van der Waals surface area contributed by atoms with Crippen LogP contribution in [0.2, 0.25) is 0 Å². The molecule has 0 saturated carbocycles. The Labute approximate surface area is 203 Å². The Bertz CT molecular complexity index is 1810. The van der Waals surface area contributed by atoms with Crippen LogP contribution in [-0.2, 0) is 0 Å². The summed E-state index contributed by atoms with van der Waals surface area (Å²) in [5.41, 5.74) is 6.16. The zero-order valence-electron chi connectivity index (χ0n) is 17.6. The van der Waals surface area contributed by atoms with Gasteiger partial charge in [0.25, 0.3) is 0 Å². The average Bonchev–Trinajstić information content (AvgIpc) is 3.41. The Morgan fingerprint density at radius 3 is 2.09 bits per heavy atom. The van der Waals surface area contributed by atoms with Crippen molar-refractivity contribution in [1.82, 2.24) is 4.57 Å². The quantitative estimate of drug-likeness (QED) is 0.221. The first kappa shape index (κ1) is 19.1. The van der Waals surface area contributed by atoms with Crippen LogP contribution in [0.1, 0.15) is 0 Å². The van der Waals surface area contributed by atoms with Crippen LogP contribution in [0.25, 0.3) is 58.8 Å². The standard InChI is InChI=1S/C30H18BrNS/c31-25-18-24-22-10-4-6-12-26(22)32(21-16-14-20(15-17-21)19-8-2-1-3-9-19)29(24)28-23-11-5-7-13-27(23)33-30(25)28/h1-18H. The normalized spacial score (nSPS) is 11.8. The molecule has 3 heteroatoms. The van der Waals surface area contributed by atoms with Crippen molar-refractivity contribution < 1.29 is 0 Å². The Kier molecular flexibility index (Phi) is 4.23. The van der Waals surface area contributed by atoms with Gasteiger partial charge in [0.2, 0.25) is 0 Å². The lowest BCUT2D eigenvalue weighted by Gasteiger charge is -2.11. The largest absolute Gasteiger partial charge is 0.309 e. The molecule has 5 aromatic carbocycles. The molecule has 0 atom stereocenters. The molecule has 0 spiro atoms. The molecule has 0 N–H and O–H groups in total. The van der Waals surface area contributed by atoms with Crippen LogP contribution < -0.4 is 0 Å². The Morgan fingerprint density at radius 2 is 1.27 bits per heavy atom. The minimum absolute atomic E-state index is 1.16. The van der Waals surface area contributed by atoms with Crippen LogP contribution in [0.4, 0.5) is 0 Å². The molecule has 0 saturated heterocycles. The molecule has 156 valence electrons. The zero-order chi connectivity index (χ0) is 21.9. The van der Waals surface area contributed by atoms with Gasteiger partial charge in [0.05, 0.1) is 15.7 Å². The molecule has 0 amide bonds. The van der Waals surface area contributed by atoms with Crippen molar-refractivity contribution in [2.45, 2.75) is 0 Å². The van der Waals surface area contributed by atoms with Gasteiger partial charge in [-0.15, -0.1) is 11.3 Å². The third kappa shape index (κ3) is 2.83. The number of hydrogen-bond acceptors (Lipinski definition) is 1. The second kappa shape index (κ2) is 7.31. The summed E-state index contributed by atoms with van der Waals surface area (Å²) in [7, 11) is 0. The van der Waals surface area contributed by atoms with E-state index in [2.05, 4.69) is 130 Å². The van der Waals surface area contributed by atoms with E-state index in [0.29, 0.717) is 0 Å². The molecule has 7 aromatic rings. The highest BCUT2D eigenvalue weighted by atomic mass is 79.9. The van der Waals surface area contributed by atoms with E-state index in [4.69, 9.17) is 0 Å². The first-order valence-corrected chi connectivity index (χ1v) is 12.6. The molecular formula is C30H18BrNS. The van der Waals surface area contributed by atoms with Crippen LogP contribution in [0.3, 0.4) is 0 Å². The molecule has 0 fully saturated rings. The molecule has 2 aromatic heterocycles. The monoisotopic (exact) mass is 503 g/mol. The Hall–Kier alpha value is -3.40. The van der Waals surface area contributed by atoms with E-state index in [0.717, 1.165) is 4.47 Å². The topological polar surface area (TPSA) is 4.93 Å². The molecule has 0 aliphatic carbocycles. The lowest BCUT2D eigenvalue weighted by atomic mass is 10.1. The fourth-order valence-corrected chi connectivity index (χ4v) is 6.78. The Morgan fingerprint density at radius 1 is 0.606 bits per heavy atom. The molecule has 0 radical (unpaired) electrons. The highest BCUT2D eigenvalue weighted by molar-refractivity contribution is 9.10. The number of fused-ring (bicyclic) bond motifs is 7. The van der Waals surface area contributed by atoms with Crippen molar-refractivity contribution in [3.8, 4) is 16.8 Å². The molecule has 7 rings (SSSR count). The highest BCUT2D eigenvalue weighted by Crippen LogP contribution is 2.46. The number of hydrogen-bond donors (Lipinski definition) is 0. The number of para-hydroxylation sites is 1. The summed E-state index contributed by atoms with van der Waals surface area (Å²) in [6, 6.07) is 39.3. The van der Waals surface area contributed by atoms with Crippen LogP contribution in [0, 0.1) is 0 Å². The van der Waals surface area contributed by atoms with E-state index in [1.807, 2.05) is 11.3 Å². The summed E-state index contributed by atoms with van der Waals surface area (Å²) in [6.07, 6.45) is 0. The molecule has 33 heavy (non-hydrogen) atoms. The summed E-state index contributed by atoms with van der Waals surface area (Å²) in [5, 5.41) is 5.19. The molecule has 0 aliphatic heterocycles. The van der Waals surface area contributed by atoms with E-state index in [9.17, 15) is 0 Å². The molecule has 1 nitrogen and oxygen atoms in total. The highest BCUT2D eigenvalue weighted by Gasteiger charge is 2.19. The maximum atomic E-state index is 3.88. The third-order valence-electron chi connectivity index (χ3n) is 6.47. The van der Waals surface area contributed by atoms with Gasteiger partial charge in [-0.1, -0.05) is 78.9 Å². The lowest BCUT2D eigenvalue weighted by molar-refractivity contribution is 1.19. The van der Waals surface area contributed by atoms with Gasteiger partial charge in [-0.2, -0.15) is 0 Å². The predicted molar refractivity (Wildman–Crippen MR) is 147 cm³/mol. The smallest absolute Gasteiger partial charge is 0.0635 e. The van der Waals surface area contributed by atoms with Crippen molar-refractivity contribution in [3.05, 3.63) is 114 Å². The number of rotatable bonds is 2. The molecule has 0 bridgehead atoms. The Balaban J connectivity index is 1.61. The van der Waals surface area contributed by atoms with Gasteiger partial charge in [0.1, 0.15) is 0 Å². The van der Waals surface area contributed by atoms with Gasteiger partial charge < -0.3 is 4.57 Å². The first-order chi connectivity index (χ1) is 16.3. The average molecular weight is 504 g/mol. The number of nitrogens with zero attached hydrogens (tertiary/aromatic N) is 1. The summed E-state index contributed by atoms with van der Waals surface area (Å²) in [5.74, 6) is 0. The van der Waals surface area contributed by atoms with E-state index >= 15 is 0 Å². The van der Waals surface area contributed by atoms with Gasteiger partial charge in [-0.05, 0) is 57.4 Å². The van der Waals surface area contributed by atoms with E-state index in [1.165, 1.54) is 58.8 Å². The van der Waals surface area contributed by atoms with Crippen LogP contribution in [0.5, 0.6) is 0 Å². The third-order valence-corrected chi connectivity index (χ3v) is 8.56. The van der Waals surface area contributed by atoms with E-state index in [-0.39, 0.29) is 0 Å².